The van der Waals surface area contributed by atoms with Gasteiger partial charge in [-0.3, -0.25) is 0 Å². The molecule has 4 rings (SSSR count). The van der Waals surface area contributed by atoms with E-state index in [1.54, 1.807) is 0 Å². The predicted octanol–water partition coefficient (Wildman–Crippen LogP) is 7.22. The Hall–Kier alpha value is -2.54. The summed E-state index contributed by atoms with van der Waals surface area (Å²) in [7, 11) is 0. The van der Waals surface area contributed by atoms with E-state index in [4.69, 9.17) is 4.74 Å². The molecule has 0 radical (unpaired) electrons. The number of fused-ring (bicyclic) bond motifs is 1. The maximum Gasteiger partial charge on any atom is 0.114 e. The molecule has 0 amide bonds. The Bertz CT molecular complexity index is 969. The molecule has 0 N–H and O–H groups in total. The SMILES string of the molecule is C=C(/C=C1/C[C@H]2CC2/C1=C/C)OCc1cccc(-c2c(C)cccc2C)c1C. The van der Waals surface area contributed by atoms with Gasteiger partial charge in [-0.15, -0.1) is 0 Å². The zero-order chi connectivity index (χ0) is 19.8. The van der Waals surface area contributed by atoms with Crippen LogP contribution in [0.5, 0.6) is 0 Å². The molecule has 2 aliphatic rings. The highest BCUT2D eigenvalue weighted by atomic mass is 16.5. The van der Waals surface area contributed by atoms with Crippen LogP contribution in [0, 0.1) is 32.6 Å². The average Bonchev–Trinajstić information content (AvgIpc) is 3.33. The van der Waals surface area contributed by atoms with Crippen molar-refractivity contribution < 1.29 is 4.74 Å². The molecule has 1 unspecified atom stereocenters. The van der Waals surface area contributed by atoms with Gasteiger partial charge in [0.25, 0.3) is 0 Å². The van der Waals surface area contributed by atoms with E-state index in [1.165, 1.54) is 57.4 Å². The van der Waals surface area contributed by atoms with Crippen LogP contribution in [0.1, 0.15) is 42.0 Å². The smallest absolute Gasteiger partial charge is 0.114 e. The summed E-state index contributed by atoms with van der Waals surface area (Å²) in [6, 6.07) is 13.0. The molecule has 0 spiro atoms. The molecule has 0 bridgehead atoms. The Morgan fingerprint density at radius 3 is 2.54 bits per heavy atom. The maximum absolute atomic E-state index is 6.07. The van der Waals surface area contributed by atoms with Crippen LogP contribution in [0.2, 0.25) is 0 Å². The van der Waals surface area contributed by atoms with Crippen LogP contribution >= 0.6 is 0 Å². The fourth-order valence-electron chi connectivity index (χ4n) is 4.79. The van der Waals surface area contributed by atoms with Crippen molar-refractivity contribution >= 4 is 0 Å². The predicted molar refractivity (Wildman–Crippen MR) is 118 cm³/mol. The Balaban J connectivity index is 1.51. The molecule has 0 saturated heterocycles. The third kappa shape index (κ3) is 3.46. The Kier molecular flexibility index (Phi) is 5.02. The fraction of sp³-hybridized carbons (Fsp3) is 0.333. The number of benzene rings is 2. The third-order valence-electron chi connectivity index (χ3n) is 6.43. The van der Waals surface area contributed by atoms with E-state index in [0.29, 0.717) is 6.61 Å². The third-order valence-corrected chi connectivity index (χ3v) is 6.43. The molecular formula is C27H30O. The van der Waals surface area contributed by atoms with E-state index in [0.717, 1.165) is 17.6 Å². The van der Waals surface area contributed by atoms with Gasteiger partial charge in [0.15, 0.2) is 0 Å². The lowest BCUT2D eigenvalue weighted by Crippen LogP contribution is -1.98. The lowest BCUT2D eigenvalue weighted by atomic mass is 9.91. The first-order chi connectivity index (χ1) is 13.5. The van der Waals surface area contributed by atoms with Crippen LogP contribution in [0.3, 0.4) is 0 Å². The van der Waals surface area contributed by atoms with Crippen molar-refractivity contribution in [2.75, 3.05) is 0 Å². The molecule has 2 aromatic carbocycles. The van der Waals surface area contributed by atoms with Crippen LogP contribution < -0.4 is 0 Å². The van der Waals surface area contributed by atoms with Crippen molar-refractivity contribution in [3.63, 3.8) is 0 Å². The molecule has 2 aliphatic carbocycles. The van der Waals surface area contributed by atoms with Gasteiger partial charge in [-0.2, -0.15) is 0 Å². The average molecular weight is 371 g/mol. The Morgan fingerprint density at radius 1 is 1.11 bits per heavy atom. The molecule has 2 saturated carbocycles. The van der Waals surface area contributed by atoms with E-state index in [-0.39, 0.29) is 0 Å². The van der Waals surface area contributed by atoms with Crippen LogP contribution in [0.4, 0.5) is 0 Å². The number of allylic oxidation sites excluding steroid dienone is 4. The summed E-state index contributed by atoms with van der Waals surface area (Å²) in [6.45, 7) is 13.4. The van der Waals surface area contributed by atoms with Crippen molar-refractivity contribution in [3.8, 4) is 11.1 Å². The minimum Gasteiger partial charge on any atom is -0.490 e. The second kappa shape index (κ2) is 7.47. The van der Waals surface area contributed by atoms with E-state index in [1.807, 2.05) is 0 Å². The topological polar surface area (TPSA) is 9.23 Å². The summed E-state index contributed by atoms with van der Waals surface area (Å²) in [4.78, 5) is 0. The number of ether oxygens (including phenoxy) is 1. The molecule has 2 aromatic rings. The molecule has 1 nitrogen and oxygen atoms in total. The normalized spacial score (nSPS) is 23.1. The van der Waals surface area contributed by atoms with E-state index in [9.17, 15) is 0 Å². The lowest BCUT2D eigenvalue weighted by Gasteiger charge is -2.16. The molecule has 2 atom stereocenters. The molecule has 0 aromatic heterocycles. The molecule has 28 heavy (non-hydrogen) atoms. The zero-order valence-corrected chi connectivity index (χ0v) is 17.5. The van der Waals surface area contributed by atoms with Gasteiger partial charge in [-0.05, 0) is 103 Å². The summed E-state index contributed by atoms with van der Waals surface area (Å²) in [5.41, 5.74) is 10.7. The van der Waals surface area contributed by atoms with E-state index >= 15 is 0 Å². The molecule has 0 aliphatic heterocycles. The number of hydrogen-bond donors (Lipinski definition) is 0. The number of rotatable bonds is 5. The van der Waals surface area contributed by atoms with Gasteiger partial charge in [0.2, 0.25) is 0 Å². The molecule has 144 valence electrons. The molecule has 0 heterocycles. The van der Waals surface area contributed by atoms with Gasteiger partial charge in [-0.25, -0.2) is 0 Å². The van der Waals surface area contributed by atoms with Crippen molar-refractivity contribution in [1.82, 2.24) is 0 Å². The van der Waals surface area contributed by atoms with Crippen LogP contribution in [-0.2, 0) is 11.3 Å². The highest BCUT2D eigenvalue weighted by Crippen LogP contribution is 2.57. The van der Waals surface area contributed by atoms with Gasteiger partial charge in [0.1, 0.15) is 12.4 Å². The quantitative estimate of drug-likeness (QED) is 0.505. The van der Waals surface area contributed by atoms with Crippen molar-refractivity contribution in [1.29, 1.82) is 0 Å². The first-order valence-electron chi connectivity index (χ1n) is 10.3. The van der Waals surface area contributed by atoms with Crippen molar-refractivity contribution in [2.24, 2.45) is 11.8 Å². The van der Waals surface area contributed by atoms with Gasteiger partial charge >= 0.3 is 0 Å². The monoisotopic (exact) mass is 370 g/mol. The Labute approximate surface area is 169 Å². The summed E-state index contributed by atoms with van der Waals surface area (Å²) >= 11 is 0. The van der Waals surface area contributed by atoms with Gasteiger partial charge < -0.3 is 4.74 Å². The second-order valence-corrected chi connectivity index (χ2v) is 8.33. The maximum atomic E-state index is 6.07. The largest absolute Gasteiger partial charge is 0.490 e. The highest BCUT2D eigenvalue weighted by Gasteiger charge is 2.46. The minimum absolute atomic E-state index is 0.561. The highest BCUT2D eigenvalue weighted by molar-refractivity contribution is 5.74. The summed E-state index contributed by atoms with van der Waals surface area (Å²) in [5, 5.41) is 0. The van der Waals surface area contributed by atoms with Crippen LogP contribution in [-0.4, -0.2) is 0 Å². The van der Waals surface area contributed by atoms with E-state index < -0.39 is 0 Å². The van der Waals surface area contributed by atoms with Gasteiger partial charge in [-0.1, -0.05) is 49.1 Å². The summed E-state index contributed by atoms with van der Waals surface area (Å²) in [6.07, 6.45) is 6.99. The minimum atomic E-state index is 0.561. The van der Waals surface area contributed by atoms with Gasteiger partial charge in [0, 0.05) is 0 Å². The number of hydrogen-bond acceptors (Lipinski definition) is 1. The molecule has 2 fully saturated rings. The van der Waals surface area contributed by atoms with Crippen LogP contribution in [0.25, 0.3) is 11.1 Å². The lowest BCUT2D eigenvalue weighted by molar-refractivity contribution is 0.212. The number of aryl methyl sites for hydroxylation is 2. The van der Waals surface area contributed by atoms with Crippen LogP contribution in [0.15, 0.2) is 72.0 Å². The van der Waals surface area contributed by atoms with Gasteiger partial charge in [0.05, 0.1) is 0 Å². The summed E-state index contributed by atoms with van der Waals surface area (Å²) < 4.78 is 6.07. The first-order valence-corrected chi connectivity index (χ1v) is 10.3. The second-order valence-electron chi connectivity index (χ2n) is 8.33. The summed E-state index contributed by atoms with van der Waals surface area (Å²) in [5.74, 6) is 2.45. The fourth-order valence-corrected chi connectivity index (χ4v) is 4.79. The Morgan fingerprint density at radius 2 is 1.82 bits per heavy atom. The van der Waals surface area contributed by atoms with Crippen molar-refractivity contribution in [3.05, 3.63) is 94.3 Å². The standard InChI is InChI=1S/C27H30O/c1-6-24-22(14-23-15-26(23)24)13-19(4)28-16-21-11-8-12-25(20(21)5)27-17(2)9-7-10-18(27)3/h6-13,23,26H,4,14-16H2,1-3,5H3/b22-13-,24-6+/t23-,26?/m0/s1. The molecular weight excluding hydrogens is 340 g/mol. The first kappa shape index (κ1) is 18.8. The zero-order valence-electron chi connectivity index (χ0n) is 17.5. The molecule has 1 heteroatoms. The van der Waals surface area contributed by atoms with E-state index in [2.05, 4.69) is 82.8 Å². The van der Waals surface area contributed by atoms with Crippen molar-refractivity contribution in [2.45, 2.75) is 47.1 Å².